The molecule has 0 spiro atoms. The number of aliphatic hydroxyl groups excluding tert-OH is 1. The van der Waals surface area contributed by atoms with Crippen LogP contribution in [0.3, 0.4) is 0 Å². The number of rotatable bonds is 4. The molecule has 0 aliphatic carbocycles. The summed E-state index contributed by atoms with van der Waals surface area (Å²) in [6.45, 7) is 1.04. The molecule has 0 rings (SSSR count). The van der Waals surface area contributed by atoms with Gasteiger partial charge >= 0.3 is 0 Å². The quantitative estimate of drug-likeness (QED) is 0.529. The number of hydrogen-bond acceptors (Lipinski definition) is 3. The van der Waals surface area contributed by atoms with Crippen molar-refractivity contribution in [2.75, 3.05) is 27.2 Å². The summed E-state index contributed by atoms with van der Waals surface area (Å²) >= 11 is 0. The van der Waals surface area contributed by atoms with E-state index in [1.807, 2.05) is 14.1 Å². The first kappa shape index (κ1) is 8.88. The van der Waals surface area contributed by atoms with Gasteiger partial charge in [0.15, 0.2) is 0 Å². The molecule has 0 fully saturated rings. The van der Waals surface area contributed by atoms with Crippen molar-refractivity contribution in [3.05, 3.63) is 0 Å². The molecular formula is C6H16N2O. The summed E-state index contributed by atoms with van der Waals surface area (Å²) in [5.74, 6) is 0. The lowest BCUT2D eigenvalue weighted by molar-refractivity contribution is 0.248. The lowest BCUT2D eigenvalue weighted by Gasteiger charge is -2.12. The molecular weight excluding hydrogens is 116 g/mol. The van der Waals surface area contributed by atoms with E-state index in [1.54, 1.807) is 0 Å². The first-order chi connectivity index (χ1) is 4.16. The van der Waals surface area contributed by atoms with Crippen molar-refractivity contribution >= 4 is 0 Å². The van der Waals surface area contributed by atoms with Crippen LogP contribution in [0.5, 0.6) is 0 Å². The summed E-state index contributed by atoms with van der Waals surface area (Å²) in [5.41, 5.74) is 5.44. The number of nitrogens with zero attached hydrogens (tertiary/aromatic N) is 1. The van der Waals surface area contributed by atoms with Crippen LogP contribution in [0.2, 0.25) is 0 Å². The highest BCUT2D eigenvalue weighted by molar-refractivity contribution is 4.59. The fourth-order valence-corrected chi connectivity index (χ4v) is 0.515. The van der Waals surface area contributed by atoms with E-state index < -0.39 is 0 Å². The Morgan fingerprint density at radius 3 is 2.44 bits per heavy atom. The van der Waals surface area contributed by atoms with E-state index in [2.05, 4.69) is 4.90 Å². The second-order valence-corrected chi connectivity index (χ2v) is 2.53. The third kappa shape index (κ3) is 5.76. The molecule has 0 radical (unpaired) electrons. The maximum Gasteiger partial charge on any atom is 0.0583 e. The van der Waals surface area contributed by atoms with E-state index in [9.17, 15) is 0 Å². The van der Waals surface area contributed by atoms with Crippen LogP contribution in [0.4, 0.5) is 0 Å². The fourth-order valence-electron chi connectivity index (χ4n) is 0.515. The highest BCUT2D eigenvalue weighted by atomic mass is 16.3. The van der Waals surface area contributed by atoms with Crippen molar-refractivity contribution in [2.24, 2.45) is 5.73 Å². The first-order valence-corrected chi connectivity index (χ1v) is 3.18. The van der Waals surface area contributed by atoms with Crippen LogP contribution >= 0.6 is 0 Å². The van der Waals surface area contributed by atoms with Crippen LogP contribution in [0, 0.1) is 0 Å². The van der Waals surface area contributed by atoms with Crippen LogP contribution in [-0.4, -0.2) is 43.3 Å². The van der Waals surface area contributed by atoms with Crippen LogP contribution in [0.1, 0.15) is 6.42 Å². The van der Waals surface area contributed by atoms with E-state index in [4.69, 9.17) is 10.8 Å². The Kier molecular flexibility index (Phi) is 4.67. The van der Waals surface area contributed by atoms with Crippen LogP contribution in [0.15, 0.2) is 0 Å². The Labute approximate surface area is 56.5 Å². The van der Waals surface area contributed by atoms with E-state index in [0.717, 1.165) is 13.0 Å². The Bertz CT molecular complexity index is 66.1. The minimum atomic E-state index is -0.0487. The van der Waals surface area contributed by atoms with Gasteiger partial charge in [-0.25, -0.2) is 0 Å². The maximum atomic E-state index is 8.50. The average molecular weight is 132 g/mol. The minimum absolute atomic E-state index is 0.0487. The van der Waals surface area contributed by atoms with Crippen molar-refractivity contribution in [1.82, 2.24) is 4.90 Å². The van der Waals surface area contributed by atoms with Gasteiger partial charge in [-0.15, -0.1) is 0 Å². The second kappa shape index (κ2) is 4.73. The summed E-state index contributed by atoms with van der Waals surface area (Å²) in [5, 5.41) is 8.50. The van der Waals surface area contributed by atoms with Crippen molar-refractivity contribution in [2.45, 2.75) is 12.5 Å². The van der Waals surface area contributed by atoms with Gasteiger partial charge in [-0.1, -0.05) is 0 Å². The molecule has 0 aliphatic heterocycles. The van der Waals surface area contributed by atoms with Gasteiger partial charge in [0, 0.05) is 6.04 Å². The van der Waals surface area contributed by atoms with Gasteiger partial charge in [0.1, 0.15) is 0 Å². The van der Waals surface area contributed by atoms with E-state index in [0.29, 0.717) is 0 Å². The minimum Gasteiger partial charge on any atom is -0.395 e. The first-order valence-electron chi connectivity index (χ1n) is 3.18. The third-order valence-electron chi connectivity index (χ3n) is 1.18. The van der Waals surface area contributed by atoms with E-state index in [1.165, 1.54) is 0 Å². The Morgan fingerprint density at radius 2 is 2.11 bits per heavy atom. The summed E-state index contributed by atoms with van der Waals surface area (Å²) in [4.78, 5) is 2.05. The molecule has 0 unspecified atom stereocenters. The average Bonchev–Trinajstić information content (AvgIpc) is 1.83. The van der Waals surface area contributed by atoms with Crippen LogP contribution < -0.4 is 5.73 Å². The van der Waals surface area contributed by atoms with Crippen molar-refractivity contribution in [3.63, 3.8) is 0 Å². The topological polar surface area (TPSA) is 49.5 Å². The van der Waals surface area contributed by atoms with Crippen molar-refractivity contribution in [1.29, 1.82) is 0 Å². The monoisotopic (exact) mass is 132 g/mol. The van der Waals surface area contributed by atoms with E-state index >= 15 is 0 Å². The molecule has 0 aromatic rings. The van der Waals surface area contributed by atoms with Gasteiger partial charge in [-0.05, 0) is 27.1 Å². The molecule has 3 heteroatoms. The normalized spacial score (nSPS) is 14.3. The zero-order valence-corrected chi connectivity index (χ0v) is 6.17. The Morgan fingerprint density at radius 1 is 1.56 bits per heavy atom. The van der Waals surface area contributed by atoms with Gasteiger partial charge < -0.3 is 15.7 Å². The zero-order valence-electron chi connectivity index (χ0n) is 6.17. The van der Waals surface area contributed by atoms with Crippen molar-refractivity contribution in [3.8, 4) is 0 Å². The standard InChI is InChI=1S/C6H16N2O/c1-8(2)4-3-6(7)5-9/h6,9H,3-5,7H2,1-2H3/t6-/m1/s1. The van der Waals surface area contributed by atoms with Crippen LogP contribution in [-0.2, 0) is 0 Å². The fraction of sp³-hybridized carbons (Fsp3) is 1.00. The summed E-state index contributed by atoms with van der Waals surface area (Å²) in [7, 11) is 3.98. The molecule has 0 saturated heterocycles. The molecule has 0 aliphatic rings. The smallest absolute Gasteiger partial charge is 0.0583 e. The Hall–Kier alpha value is -0.120. The third-order valence-corrected chi connectivity index (χ3v) is 1.18. The van der Waals surface area contributed by atoms with Gasteiger partial charge in [-0.3, -0.25) is 0 Å². The summed E-state index contributed by atoms with van der Waals surface area (Å²) < 4.78 is 0. The second-order valence-electron chi connectivity index (χ2n) is 2.53. The molecule has 1 atom stereocenters. The molecule has 0 heterocycles. The lowest BCUT2D eigenvalue weighted by Crippen LogP contribution is -2.29. The predicted octanol–water partition coefficient (Wildman–Crippen LogP) is -0.742. The van der Waals surface area contributed by atoms with Gasteiger partial charge in [0.05, 0.1) is 6.61 Å². The number of nitrogens with two attached hydrogens (primary N) is 1. The summed E-state index contributed by atoms with van der Waals surface area (Å²) in [6, 6.07) is -0.0487. The van der Waals surface area contributed by atoms with Gasteiger partial charge in [-0.2, -0.15) is 0 Å². The molecule has 9 heavy (non-hydrogen) atoms. The largest absolute Gasteiger partial charge is 0.395 e. The summed E-state index contributed by atoms with van der Waals surface area (Å²) in [6.07, 6.45) is 0.865. The lowest BCUT2D eigenvalue weighted by atomic mass is 10.2. The highest BCUT2D eigenvalue weighted by Crippen LogP contribution is 1.87. The zero-order chi connectivity index (χ0) is 7.28. The van der Waals surface area contributed by atoms with Crippen LogP contribution in [0.25, 0.3) is 0 Å². The Balaban J connectivity index is 3.06. The molecule has 0 amide bonds. The molecule has 0 saturated carbocycles. The van der Waals surface area contributed by atoms with Crippen molar-refractivity contribution < 1.29 is 5.11 Å². The highest BCUT2D eigenvalue weighted by Gasteiger charge is 1.99. The predicted molar refractivity (Wildman–Crippen MR) is 38.2 cm³/mol. The molecule has 0 bridgehead atoms. The molecule has 0 aromatic heterocycles. The number of hydrogen-bond donors (Lipinski definition) is 2. The maximum absolute atomic E-state index is 8.50. The SMILES string of the molecule is CN(C)CC[C@@H](N)CO. The van der Waals surface area contributed by atoms with Gasteiger partial charge in [0.25, 0.3) is 0 Å². The van der Waals surface area contributed by atoms with Gasteiger partial charge in [0.2, 0.25) is 0 Å². The number of aliphatic hydroxyl groups is 1. The van der Waals surface area contributed by atoms with E-state index in [-0.39, 0.29) is 12.6 Å². The molecule has 3 N–H and O–H groups in total. The molecule has 3 nitrogen and oxygen atoms in total. The molecule has 56 valence electrons. The molecule has 0 aromatic carbocycles.